The molecule has 1 aromatic heterocycles. The Morgan fingerprint density at radius 2 is 1.67 bits per heavy atom. The number of unbranched alkanes of at least 4 members (excludes halogenated alkanes) is 1. The van der Waals surface area contributed by atoms with Crippen molar-refractivity contribution in [2.75, 3.05) is 55.3 Å². The highest BCUT2D eigenvalue weighted by molar-refractivity contribution is 6.09. The first-order valence-corrected chi connectivity index (χ1v) is 18.1. The Hall–Kier alpha value is -6.22. The Morgan fingerprint density at radius 1 is 0.944 bits per heavy atom. The van der Waals surface area contributed by atoms with E-state index in [0.717, 1.165) is 57.1 Å². The van der Waals surface area contributed by atoms with Crippen molar-refractivity contribution >= 4 is 52.3 Å². The van der Waals surface area contributed by atoms with Crippen LogP contribution in [-0.2, 0) is 16.1 Å². The maximum atomic E-state index is 13.2. The third-order valence-corrected chi connectivity index (χ3v) is 9.76. The zero-order valence-electron chi connectivity index (χ0n) is 30.0. The molecule has 0 aliphatic carbocycles. The van der Waals surface area contributed by atoms with Gasteiger partial charge in [0.05, 0.1) is 18.0 Å². The molecule has 4 aromatic rings. The number of piperidine rings is 1. The predicted octanol–water partition coefficient (Wildman–Crippen LogP) is 4.78. The number of aryl methyl sites for hydroxylation is 1. The number of fused-ring (bicyclic) bond motifs is 1. The molecule has 278 valence electrons. The van der Waals surface area contributed by atoms with Crippen LogP contribution in [0.15, 0.2) is 83.0 Å². The number of nitrogens with one attached hydrogen (secondary N) is 2. The Labute approximate surface area is 312 Å². The normalized spacial score (nSPS) is 17.5. The highest BCUT2D eigenvalue weighted by Crippen LogP contribution is 2.33. The average molecular weight is 731 g/mol. The van der Waals surface area contributed by atoms with E-state index < -0.39 is 11.9 Å². The minimum absolute atomic E-state index is 0.159. The Kier molecular flexibility index (Phi) is 10.8. The van der Waals surface area contributed by atoms with Gasteiger partial charge in [-0.15, -0.1) is 0 Å². The first kappa shape index (κ1) is 36.2. The summed E-state index contributed by atoms with van der Waals surface area (Å²) in [6, 6.07) is 20.3. The SMILES string of the molecule is Cc1nc(N)cc(N2CCN(CCCCOc3ccc(N=Nc4ccc(C(=O)Nc5cccc6c5CN(C5CCC(=O)NC5=O)C6=O)cc4)cc3)CC2)n1. The number of azo groups is 1. The minimum atomic E-state index is -0.734. The summed E-state index contributed by atoms with van der Waals surface area (Å²) in [5.74, 6) is 1.38. The van der Waals surface area contributed by atoms with Crippen LogP contribution in [0.4, 0.5) is 28.7 Å². The fourth-order valence-electron chi connectivity index (χ4n) is 6.87. The second-order valence-electron chi connectivity index (χ2n) is 13.5. The monoisotopic (exact) mass is 730 g/mol. The number of anilines is 3. The summed E-state index contributed by atoms with van der Waals surface area (Å²) in [6.07, 6.45) is 2.43. The van der Waals surface area contributed by atoms with E-state index in [0.29, 0.717) is 52.0 Å². The van der Waals surface area contributed by atoms with Gasteiger partial charge in [-0.05, 0) is 93.4 Å². The number of nitrogens with two attached hydrogens (primary N) is 1. The van der Waals surface area contributed by atoms with Gasteiger partial charge in [-0.2, -0.15) is 10.2 Å². The van der Waals surface area contributed by atoms with Crippen LogP contribution >= 0.6 is 0 Å². The molecule has 2 fully saturated rings. The molecule has 2 saturated heterocycles. The van der Waals surface area contributed by atoms with Crippen molar-refractivity contribution in [2.24, 2.45) is 10.2 Å². The third-order valence-electron chi connectivity index (χ3n) is 9.76. The lowest BCUT2D eigenvalue weighted by atomic mass is 10.0. The summed E-state index contributed by atoms with van der Waals surface area (Å²) < 4.78 is 5.95. The van der Waals surface area contributed by atoms with Gasteiger partial charge in [0.2, 0.25) is 11.8 Å². The molecular weight excluding hydrogens is 688 g/mol. The van der Waals surface area contributed by atoms with Gasteiger partial charge in [0.1, 0.15) is 29.3 Å². The average Bonchev–Trinajstić information content (AvgIpc) is 3.50. The van der Waals surface area contributed by atoms with Gasteiger partial charge < -0.3 is 25.6 Å². The van der Waals surface area contributed by atoms with E-state index >= 15 is 0 Å². The molecule has 4 N–H and O–H groups in total. The van der Waals surface area contributed by atoms with Crippen molar-refractivity contribution in [3.05, 3.63) is 95.3 Å². The van der Waals surface area contributed by atoms with E-state index in [-0.39, 0.29) is 37.1 Å². The summed E-state index contributed by atoms with van der Waals surface area (Å²) in [5, 5.41) is 13.8. The largest absolute Gasteiger partial charge is 0.494 e. The van der Waals surface area contributed by atoms with Crippen molar-refractivity contribution in [1.29, 1.82) is 0 Å². The third kappa shape index (κ3) is 8.52. The molecule has 0 bridgehead atoms. The second-order valence-corrected chi connectivity index (χ2v) is 13.5. The molecule has 0 spiro atoms. The molecule has 3 aliphatic rings. The first-order chi connectivity index (χ1) is 26.2. The lowest BCUT2D eigenvalue weighted by molar-refractivity contribution is -0.136. The number of aromatic nitrogens is 2. The zero-order valence-corrected chi connectivity index (χ0v) is 30.0. The van der Waals surface area contributed by atoms with Gasteiger partial charge in [-0.1, -0.05) is 6.07 Å². The van der Waals surface area contributed by atoms with Crippen molar-refractivity contribution in [3.63, 3.8) is 0 Å². The highest BCUT2D eigenvalue weighted by Gasteiger charge is 2.40. The van der Waals surface area contributed by atoms with Crippen molar-refractivity contribution in [2.45, 2.75) is 45.2 Å². The number of hydrogen-bond donors (Lipinski definition) is 3. The molecule has 0 radical (unpaired) electrons. The number of benzene rings is 3. The van der Waals surface area contributed by atoms with E-state index in [1.54, 1.807) is 42.5 Å². The number of imide groups is 1. The van der Waals surface area contributed by atoms with Gasteiger partial charge in [0.15, 0.2) is 0 Å². The van der Waals surface area contributed by atoms with E-state index in [1.807, 2.05) is 37.3 Å². The van der Waals surface area contributed by atoms with Crippen LogP contribution in [0.2, 0.25) is 0 Å². The molecule has 3 aromatic carbocycles. The molecule has 4 heterocycles. The van der Waals surface area contributed by atoms with E-state index in [9.17, 15) is 19.2 Å². The molecule has 54 heavy (non-hydrogen) atoms. The number of hydrogen-bond acceptors (Lipinski definition) is 12. The number of carbonyl (C=O) groups is 4. The Bertz CT molecular complexity index is 2040. The highest BCUT2D eigenvalue weighted by atomic mass is 16.5. The molecule has 15 heteroatoms. The molecule has 0 saturated carbocycles. The molecule has 1 unspecified atom stereocenters. The number of carbonyl (C=O) groups excluding carboxylic acids is 4. The van der Waals surface area contributed by atoms with E-state index in [2.05, 4.69) is 40.6 Å². The predicted molar refractivity (Wildman–Crippen MR) is 202 cm³/mol. The Balaban J connectivity index is 0.834. The number of ether oxygens (including phenoxy) is 1. The maximum Gasteiger partial charge on any atom is 0.255 e. The van der Waals surface area contributed by atoms with Crippen molar-refractivity contribution < 1.29 is 23.9 Å². The first-order valence-electron chi connectivity index (χ1n) is 18.1. The van der Waals surface area contributed by atoms with Crippen LogP contribution in [0.1, 0.15) is 57.8 Å². The van der Waals surface area contributed by atoms with Crippen LogP contribution in [-0.4, -0.2) is 88.8 Å². The summed E-state index contributed by atoms with van der Waals surface area (Å²) in [5.41, 5.74) is 9.09. The molecule has 1 atom stereocenters. The lowest BCUT2D eigenvalue weighted by Gasteiger charge is -2.35. The van der Waals surface area contributed by atoms with E-state index in [1.165, 1.54) is 4.90 Å². The van der Waals surface area contributed by atoms with Crippen LogP contribution in [0.25, 0.3) is 0 Å². The molecule has 7 rings (SSSR count). The fraction of sp³-hybridized carbons (Fsp3) is 0.333. The van der Waals surface area contributed by atoms with Crippen LogP contribution in [0, 0.1) is 6.92 Å². The topological polar surface area (TPSA) is 188 Å². The molecule has 15 nitrogen and oxygen atoms in total. The number of nitrogens with zero attached hydrogens (tertiary/aromatic N) is 7. The number of piperazine rings is 1. The molecular formula is C39H42N10O5. The van der Waals surface area contributed by atoms with E-state index in [4.69, 9.17) is 10.5 Å². The number of nitrogen functional groups attached to an aromatic ring is 1. The zero-order chi connectivity index (χ0) is 37.6. The second kappa shape index (κ2) is 16.2. The summed E-state index contributed by atoms with van der Waals surface area (Å²) in [4.78, 5) is 65.2. The molecule has 4 amide bonds. The fourth-order valence-corrected chi connectivity index (χ4v) is 6.87. The summed E-state index contributed by atoms with van der Waals surface area (Å²) in [6.45, 7) is 7.46. The summed E-state index contributed by atoms with van der Waals surface area (Å²) >= 11 is 0. The number of amides is 4. The minimum Gasteiger partial charge on any atom is -0.494 e. The van der Waals surface area contributed by atoms with Gasteiger partial charge >= 0.3 is 0 Å². The smallest absolute Gasteiger partial charge is 0.255 e. The lowest BCUT2D eigenvalue weighted by Crippen LogP contribution is -2.52. The van der Waals surface area contributed by atoms with Gasteiger partial charge in [-0.25, -0.2) is 9.97 Å². The van der Waals surface area contributed by atoms with Gasteiger partial charge in [0, 0.05) is 67.6 Å². The van der Waals surface area contributed by atoms with Crippen LogP contribution in [0.3, 0.4) is 0 Å². The van der Waals surface area contributed by atoms with Crippen molar-refractivity contribution in [1.82, 2.24) is 25.1 Å². The van der Waals surface area contributed by atoms with Crippen LogP contribution in [0.5, 0.6) is 5.75 Å². The summed E-state index contributed by atoms with van der Waals surface area (Å²) in [7, 11) is 0. The van der Waals surface area contributed by atoms with Gasteiger partial charge in [-0.3, -0.25) is 29.4 Å². The van der Waals surface area contributed by atoms with Crippen LogP contribution < -0.4 is 26.0 Å². The van der Waals surface area contributed by atoms with Crippen molar-refractivity contribution in [3.8, 4) is 5.75 Å². The number of rotatable bonds is 12. The maximum absolute atomic E-state index is 13.2. The quantitative estimate of drug-likeness (QED) is 0.104. The molecule has 3 aliphatic heterocycles. The Morgan fingerprint density at radius 3 is 2.37 bits per heavy atom. The van der Waals surface area contributed by atoms with Gasteiger partial charge in [0.25, 0.3) is 11.8 Å². The standard InChI is InChI=1S/C39H42N10O5/c1-25-41-34(40)23-35(42-25)48-20-18-47(19-21-48)17-2-3-22-54-29-13-11-28(12-14-29)46-45-27-9-7-26(8-10-27)37(51)43-32-6-4-5-30-31(32)24-49(39(30)53)33-15-16-36(50)44-38(33)52/h4-14,23,33H,2-3,15-22,24H2,1H3,(H,43,51)(H2,40,41,42)(H,44,50,52).